The van der Waals surface area contributed by atoms with Gasteiger partial charge in [0.1, 0.15) is 0 Å². The number of halogens is 6. The zero-order chi connectivity index (χ0) is 21.3. The van der Waals surface area contributed by atoms with Crippen LogP contribution in [-0.4, -0.2) is 37.3 Å². The lowest BCUT2D eigenvalue weighted by Gasteiger charge is -2.34. The number of sulfonamides is 1. The molecule has 0 saturated heterocycles. The lowest BCUT2D eigenvalue weighted by atomic mass is 10.0. The number of carbonyl (C=O) groups excluding carboxylic acids is 1. The number of amides is 2. The zero-order valence-corrected chi connectivity index (χ0v) is 13.8. The number of hydrogen-bond acceptors (Lipinski definition) is 5. The maximum absolute atomic E-state index is 12.6. The third-order valence-corrected chi connectivity index (χ3v) is 4.42. The highest BCUT2D eigenvalue weighted by atomic mass is 32.2. The topological polar surface area (TPSA) is 130 Å². The third kappa shape index (κ3) is 4.97. The van der Waals surface area contributed by atoms with E-state index < -0.39 is 49.5 Å². The van der Waals surface area contributed by atoms with E-state index in [1.165, 1.54) is 4.83 Å². The van der Waals surface area contributed by atoms with Gasteiger partial charge in [0.25, 0.3) is 15.7 Å². The molecule has 0 aliphatic heterocycles. The molecule has 27 heavy (non-hydrogen) atoms. The molecule has 0 bridgehead atoms. The molecule has 152 valence electrons. The van der Waals surface area contributed by atoms with Crippen molar-refractivity contribution in [1.82, 2.24) is 15.6 Å². The lowest BCUT2D eigenvalue weighted by Crippen LogP contribution is -2.67. The summed E-state index contributed by atoms with van der Waals surface area (Å²) in [5, 5.41) is 11.1. The van der Waals surface area contributed by atoms with E-state index in [1.54, 1.807) is 0 Å². The number of non-ortho nitro benzene ring substituents is 1. The first-order valence-electron chi connectivity index (χ1n) is 6.49. The molecule has 1 rings (SSSR count). The van der Waals surface area contributed by atoms with E-state index in [4.69, 9.17) is 0 Å². The smallest absolute Gasteiger partial charge is 0.315 e. The molecule has 2 amide bonds. The van der Waals surface area contributed by atoms with Crippen LogP contribution in [-0.2, 0) is 10.0 Å². The molecule has 0 aliphatic carbocycles. The predicted molar refractivity (Wildman–Crippen MR) is 75.6 cm³/mol. The zero-order valence-electron chi connectivity index (χ0n) is 13.0. The minimum atomic E-state index is -5.93. The van der Waals surface area contributed by atoms with Crippen LogP contribution in [0.25, 0.3) is 0 Å². The van der Waals surface area contributed by atoms with Gasteiger partial charge in [0.05, 0.1) is 9.82 Å². The fourth-order valence-corrected chi connectivity index (χ4v) is 2.32. The van der Waals surface area contributed by atoms with Crippen molar-refractivity contribution in [3.8, 4) is 0 Å². The minimum Gasteiger partial charge on any atom is -0.315 e. The molecule has 16 heteroatoms. The van der Waals surface area contributed by atoms with Gasteiger partial charge >= 0.3 is 18.4 Å². The lowest BCUT2D eigenvalue weighted by molar-refractivity contribution is -0.384. The normalized spacial score (nSPS) is 13.1. The van der Waals surface area contributed by atoms with Gasteiger partial charge in [-0.3, -0.25) is 15.5 Å². The van der Waals surface area contributed by atoms with Gasteiger partial charge in [0.15, 0.2) is 0 Å². The molecule has 0 unspecified atom stereocenters. The first kappa shape index (κ1) is 22.4. The number of nitro benzene ring substituents is 1. The Bertz CT molecular complexity index is 807. The van der Waals surface area contributed by atoms with Crippen molar-refractivity contribution in [2.45, 2.75) is 29.7 Å². The number of hydrogen-bond donors (Lipinski definition) is 3. The summed E-state index contributed by atoms with van der Waals surface area (Å²) in [5.41, 5.74) is -3.99. The largest absolute Gasteiger partial charge is 0.420 e. The van der Waals surface area contributed by atoms with Crippen molar-refractivity contribution in [2.75, 3.05) is 0 Å². The molecule has 0 saturated carbocycles. The highest BCUT2D eigenvalue weighted by Gasteiger charge is 2.68. The monoisotopic (exact) mass is 424 g/mol. The number of nitrogens with zero attached hydrogens (tertiary/aromatic N) is 1. The van der Waals surface area contributed by atoms with E-state index in [0.717, 1.165) is 29.7 Å². The maximum Gasteiger partial charge on any atom is 0.420 e. The first-order valence-corrected chi connectivity index (χ1v) is 7.97. The number of benzene rings is 1. The fraction of sp³-hybridized carbons (Fsp3) is 0.364. The van der Waals surface area contributed by atoms with Crippen molar-refractivity contribution in [1.29, 1.82) is 0 Å². The average Bonchev–Trinajstić information content (AvgIpc) is 2.51. The number of nitrogens with one attached hydrogen (secondary N) is 3. The molecule has 0 fully saturated rings. The van der Waals surface area contributed by atoms with Crippen LogP contribution in [0.5, 0.6) is 0 Å². The van der Waals surface area contributed by atoms with Gasteiger partial charge in [-0.25, -0.2) is 13.2 Å². The Kier molecular flexibility index (Phi) is 5.96. The summed E-state index contributed by atoms with van der Waals surface area (Å²) in [7, 11) is -4.63. The molecular formula is C11H10F6N4O5S. The molecule has 0 heterocycles. The molecule has 1 aromatic carbocycles. The second-order valence-electron chi connectivity index (χ2n) is 5.06. The second kappa shape index (κ2) is 7.18. The van der Waals surface area contributed by atoms with Crippen LogP contribution < -0.4 is 15.6 Å². The summed E-state index contributed by atoms with van der Waals surface area (Å²) < 4.78 is 99.5. The third-order valence-electron chi connectivity index (χ3n) is 3.15. The minimum absolute atomic E-state index is 0.350. The predicted octanol–water partition coefficient (Wildman–Crippen LogP) is 1.97. The summed E-state index contributed by atoms with van der Waals surface area (Å²) in [4.78, 5) is 21.6. The van der Waals surface area contributed by atoms with E-state index in [1.807, 2.05) is 0 Å². The van der Waals surface area contributed by atoms with Crippen molar-refractivity contribution in [3.63, 3.8) is 0 Å². The van der Waals surface area contributed by atoms with Crippen LogP contribution in [0.15, 0.2) is 29.2 Å². The summed E-state index contributed by atoms with van der Waals surface area (Å²) in [5.74, 6) is 0. The number of urea groups is 1. The standard InChI is InChI=1S/C11H10F6N4O5S/c1-9(10(12,13)14,11(15,16)17)18-8(22)19-20-27(25,26)7-4-2-6(3-5-7)21(23)24/h2-5,20H,1H3,(H2,18,19,22). The molecule has 1 aromatic rings. The van der Waals surface area contributed by atoms with Crippen LogP contribution in [0.1, 0.15) is 6.92 Å². The van der Waals surface area contributed by atoms with Gasteiger partial charge in [0, 0.05) is 12.1 Å². The number of carbonyl (C=O) groups is 1. The summed E-state index contributed by atoms with van der Waals surface area (Å²) in [6, 6.07) is 0.876. The molecule has 3 N–H and O–H groups in total. The quantitative estimate of drug-likeness (QED) is 0.378. The van der Waals surface area contributed by atoms with Crippen LogP contribution in [0.2, 0.25) is 0 Å². The SMILES string of the molecule is CC(NC(=O)NNS(=O)(=O)c1ccc([N+](=O)[O-])cc1)(C(F)(F)F)C(F)(F)F. The van der Waals surface area contributed by atoms with Crippen molar-refractivity contribution >= 4 is 21.7 Å². The number of nitro groups is 1. The van der Waals surface area contributed by atoms with Crippen molar-refractivity contribution in [3.05, 3.63) is 34.4 Å². The Balaban J connectivity index is 2.90. The number of alkyl halides is 6. The van der Waals surface area contributed by atoms with Crippen LogP contribution in [0, 0.1) is 10.1 Å². The summed E-state index contributed by atoms with van der Waals surface area (Å²) >= 11 is 0. The molecule has 9 nitrogen and oxygen atoms in total. The molecule has 0 aliphatic rings. The van der Waals surface area contributed by atoms with Gasteiger partial charge in [0.2, 0.25) is 5.54 Å². The highest BCUT2D eigenvalue weighted by molar-refractivity contribution is 7.89. The number of rotatable bonds is 5. The molecule has 0 atom stereocenters. The van der Waals surface area contributed by atoms with Crippen molar-refractivity contribution in [2.24, 2.45) is 0 Å². The van der Waals surface area contributed by atoms with Gasteiger partial charge in [-0.2, -0.15) is 26.3 Å². The second-order valence-corrected chi connectivity index (χ2v) is 6.74. The molecule has 0 aromatic heterocycles. The van der Waals surface area contributed by atoms with Crippen LogP contribution >= 0.6 is 0 Å². The summed E-state index contributed by atoms with van der Waals surface area (Å²) in [6.07, 6.45) is -11.9. The number of hydrazine groups is 1. The molecular weight excluding hydrogens is 414 g/mol. The van der Waals surface area contributed by atoms with E-state index in [-0.39, 0.29) is 6.92 Å². The van der Waals surface area contributed by atoms with E-state index in [2.05, 4.69) is 0 Å². The van der Waals surface area contributed by atoms with Crippen molar-refractivity contribution < 1.29 is 44.5 Å². The Morgan fingerprint density at radius 1 is 1.04 bits per heavy atom. The Morgan fingerprint density at radius 3 is 1.85 bits per heavy atom. The molecule has 0 spiro atoms. The van der Waals surface area contributed by atoms with Gasteiger partial charge in [-0.1, -0.05) is 0 Å². The van der Waals surface area contributed by atoms with E-state index >= 15 is 0 Å². The first-order chi connectivity index (χ1) is 12.0. The highest BCUT2D eigenvalue weighted by Crippen LogP contribution is 2.42. The van der Waals surface area contributed by atoms with Gasteiger partial charge in [-0.15, -0.1) is 4.83 Å². The van der Waals surface area contributed by atoms with Gasteiger partial charge in [-0.05, 0) is 19.1 Å². The van der Waals surface area contributed by atoms with Crippen LogP contribution in [0.4, 0.5) is 36.8 Å². The average molecular weight is 424 g/mol. The Labute approximate surface area is 146 Å². The Morgan fingerprint density at radius 2 is 1.48 bits per heavy atom. The fourth-order valence-electron chi connectivity index (χ4n) is 1.48. The Hall–Kier alpha value is -2.62. The van der Waals surface area contributed by atoms with Gasteiger partial charge < -0.3 is 5.32 Å². The maximum atomic E-state index is 12.6. The molecule has 0 radical (unpaired) electrons. The van der Waals surface area contributed by atoms with Crippen LogP contribution in [0.3, 0.4) is 0 Å². The van der Waals surface area contributed by atoms with E-state index in [0.29, 0.717) is 5.32 Å². The van der Waals surface area contributed by atoms with E-state index in [9.17, 15) is 49.7 Å². The summed E-state index contributed by atoms with van der Waals surface area (Å²) in [6.45, 7) is -0.350.